The van der Waals surface area contributed by atoms with Gasteiger partial charge in [-0.15, -0.1) is 0 Å². The van der Waals surface area contributed by atoms with Crippen LogP contribution in [-0.4, -0.2) is 69.5 Å². The first-order valence-electron chi connectivity index (χ1n) is 14.1. The minimum atomic E-state index is -3.73. The van der Waals surface area contributed by atoms with Crippen LogP contribution in [0.25, 0.3) is 11.1 Å². The summed E-state index contributed by atoms with van der Waals surface area (Å²) < 4.78 is 41.7. The molecule has 3 aromatic rings. The van der Waals surface area contributed by atoms with Gasteiger partial charge in [-0.1, -0.05) is 30.7 Å². The van der Waals surface area contributed by atoms with E-state index in [-0.39, 0.29) is 16.8 Å². The van der Waals surface area contributed by atoms with E-state index in [9.17, 15) is 17.6 Å². The first-order valence-corrected chi connectivity index (χ1v) is 15.6. The molecule has 10 heteroatoms. The fraction of sp³-hybridized carbons (Fsp3) is 0.387. The van der Waals surface area contributed by atoms with Gasteiger partial charge in [0.15, 0.2) is 0 Å². The maximum Gasteiger partial charge on any atom is 0.243 e. The van der Waals surface area contributed by atoms with Gasteiger partial charge in [0.25, 0.3) is 0 Å². The lowest BCUT2D eigenvalue weighted by Gasteiger charge is -2.37. The van der Waals surface area contributed by atoms with E-state index in [1.807, 2.05) is 24.3 Å². The largest absolute Gasteiger partial charge is 0.368 e. The Hall–Kier alpha value is -3.31. The second-order valence-electron chi connectivity index (χ2n) is 10.8. The molecular formula is C31H37FN4O4S. The summed E-state index contributed by atoms with van der Waals surface area (Å²) in [5, 5.41) is 7.32. The molecule has 6 rings (SSSR count). The molecule has 2 aliphatic heterocycles. The Morgan fingerprint density at radius 3 is 1.83 bits per heavy atom. The lowest BCUT2D eigenvalue weighted by atomic mass is 10.0. The maximum atomic E-state index is 13.5. The Labute approximate surface area is 241 Å². The molecule has 0 amide bonds. The SMILES string of the molecule is CNO.O=C[C@H]1C[C@H]2CCC[C@H]2N1S(=O)(=O)c1ccc(-c2ccc(N3CCN(c4ccc(F)cc4)CC3)cc2)cc1. The topological polar surface area (TPSA) is 93.2 Å². The van der Waals surface area contributed by atoms with Crippen LogP contribution < -0.4 is 15.3 Å². The van der Waals surface area contributed by atoms with Crippen molar-refractivity contribution >= 4 is 27.7 Å². The molecule has 0 unspecified atom stereocenters. The molecule has 218 valence electrons. The van der Waals surface area contributed by atoms with Gasteiger partial charge in [-0.25, -0.2) is 18.3 Å². The van der Waals surface area contributed by atoms with Crippen molar-refractivity contribution in [1.29, 1.82) is 0 Å². The highest BCUT2D eigenvalue weighted by molar-refractivity contribution is 7.89. The van der Waals surface area contributed by atoms with Crippen molar-refractivity contribution in [2.75, 3.05) is 43.0 Å². The van der Waals surface area contributed by atoms with Crippen LogP contribution in [0, 0.1) is 11.7 Å². The van der Waals surface area contributed by atoms with E-state index in [1.54, 1.807) is 17.6 Å². The molecule has 0 radical (unpaired) electrons. The normalized spacial score (nSPS) is 22.7. The average Bonchev–Trinajstić information content (AvgIpc) is 3.60. The highest BCUT2D eigenvalue weighted by atomic mass is 32.2. The number of sulfonamides is 1. The third kappa shape index (κ3) is 6.16. The van der Waals surface area contributed by atoms with Gasteiger partial charge in [0.05, 0.1) is 10.9 Å². The van der Waals surface area contributed by atoms with Crippen molar-refractivity contribution in [1.82, 2.24) is 9.79 Å². The zero-order valence-corrected chi connectivity index (χ0v) is 24.0. The standard InChI is InChI=1S/C30H32FN3O3S.CH5NO/c31-25-8-12-27(13-9-25)33-18-16-32(17-19-33)26-10-4-22(5-11-26)23-6-14-29(15-7-23)38(36,37)34-28(21-35)20-24-2-1-3-30(24)34;1-2-3/h4-15,21,24,28,30H,1-3,16-20H2;2-3H,1H3/t24-,28-,30-;/m1./s1. The molecule has 1 aliphatic carbocycles. The number of anilines is 2. The van der Waals surface area contributed by atoms with Crippen molar-refractivity contribution in [2.45, 2.75) is 42.7 Å². The van der Waals surface area contributed by atoms with Gasteiger partial charge in [-0.05, 0) is 84.8 Å². The molecule has 0 bridgehead atoms. The first-order chi connectivity index (χ1) is 19.8. The highest BCUT2D eigenvalue weighted by Crippen LogP contribution is 2.43. The second-order valence-corrected chi connectivity index (χ2v) is 12.6. The Morgan fingerprint density at radius 2 is 1.32 bits per heavy atom. The van der Waals surface area contributed by atoms with Crippen LogP contribution in [0.4, 0.5) is 15.8 Å². The van der Waals surface area contributed by atoms with Crippen molar-refractivity contribution in [3.63, 3.8) is 0 Å². The second kappa shape index (κ2) is 12.7. The van der Waals surface area contributed by atoms with E-state index in [0.29, 0.717) is 12.3 Å². The van der Waals surface area contributed by atoms with Gasteiger partial charge in [0.1, 0.15) is 12.1 Å². The number of nitrogens with one attached hydrogen (secondary N) is 1. The van der Waals surface area contributed by atoms with Crippen molar-refractivity contribution in [3.8, 4) is 11.1 Å². The summed E-state index contributed by atoms with van der Waals surface area (Å²) in [5.74, 6) is 0.0766. The van der Waals surface area contributed by atoms with Crippen LogP contribution >= 0.6 is 0 Å². The van der Waals surface area contributed by atoms with Crippen LogP contribution in [0.3, 0.4) is 0 Å². The number of piperazine rings is 1. The Kier molecular flexibility index (Phi) is 9.03. The van der Waals surface area contributed by atoms with E-state index in [0.717, 1.165) is 74.2 Å². The molecule has 8 nitrogen and oxygen atoms in total. The molecular weight excluding hydrogens is 543 g/mol. The number of fused-ring (bicyclic) bond motifs is 1. The predicted octanol–water partition coefficient (Wildman–Crippen LogP) is 4.54. The van der Waals surface area contributed by atoms with Crippen LogP contribution in [0.1, 0.15) is 25.7 Å². The van der Waals surface area contributed by atoms with Crippen LogP contribution in [0.15, 0.2) is 77.7 Å². The zero-order valence-electron chi connectivity index (χ0n) is 23.2. The lowest BCUT2D eigenvalue weighted by Crippen LogP contribution is -2.46. The summed E-state index contributed by atoms with van der Waals surface area (Å²) in [6, 6.07) is 21.4. The van der Waals surface area contributed by atoms with Gasteiger partial charge in [0.2, 0.25) is 10.0 Å². The Balaban J connectivity index is 0.00000108. The summed E-state index contributed by atoms with van der Waals surface area (Å²) in [4.78, 5) is 16.5. The Morgan fingerprint density at radius 1 is 0.829 bits per heavy atom. The molecule has 0 aromatic heterocycles. The molecule has 1 saturated carbocycles. The number of benzene rings is 3. The number of carbonyl (C=O) groups is 1. The minimum Gasteiger partial charge on any atom is -0.368 e. The average molecular weight is 581 g/mol. The monoisotopic (exact) mass is 580 g/mol. The fourth-order valence-corrected chi connectivity index (χ4v) is 8.29. The van der Waals surface area contributed by atoms with E-state index in [4.69, 9.17) is 5.21 Å². The minimum absolute atomic E-state index is 0.0556. The van der Waals surface area contributed by atoms with Gasteiger partial charge in [-0.3, -0.25) is 0 Å². The van der Waals surface area contributed by atoms with Gasteiger partial charge in [0, 0.05) is 50.6 Å². The third-order valence-corrected chi connectivity index (χ3v) is 10.4. The molecule has 3 atom stereocenters. The zero-order chi connectivity index (χ0) is 29.0. The molecule has 2 heterocycles. The summed E-state index contributed by atoms with van der Waals surface area (Å²) in [6.07, 6.45) is 4.29. The third-order valence-electron chi connectivity index (χ3n) is 8.44. The van der Waals surface area contributed by atoms with Crippen molar-refractivity contribution < 1.29 is 22.8 Å². The quantitative estimate of drug-likeness (QED) is 0.327. The molecule has 3 aromatic carbocycles. The van der Waals surface area contributed by atoms with E-state index in [2.05, 4.69) is 34.1 Å². The summed E-state index contributed by atoms with van der Waals surface area (Å²) >= 11 is 0. The van der Waals surface area contributed by atoms with Gasteiger partial charge in [-0.2, -0.15) is 4.31 Å². The fourth-order valence-electron chi connectivity index (χ4n) is 6.44. The number of hydrogen-bond donors (Lipinski definition) is 2. The molecule has 3 aliphatic rings. The molecule has 0 spiro atoms. The van der Waals surface area contributed by atoms with E-state index < -0.39 is 16.1 Å². The van der Waals surface area contributed by atoms with Gasteiger partial charge >= 0.3 is 0 Å². The number of hydroxylamine groups is 1. The van der Waals surface area contributed by atoms with Crippen LogP contribution in [0.2, 0.25) is 0 Å². The number of carbonyl (C=O) groups excluding carboxylic acids is 1. The summed E-state index contributed by atoms with van der Waals surface area (Å²) in [6.45, 7) is 3.49. The summed E-state index contributed by atoms with van der Waals surface area (Å²) in [5.41, 5.74) is 5.90. The molecule has 2 N–H and O–H groups in total. The van der Waals surface area contributed by atoms with Crippen molar-refractivity contribution in [2.24, 2.45) is 5.92 Å². The maximum absolute atomic E-state index is 13.5. The number of rotatable bonds is 6. The van der Waals surface area contributed by atoms with Crippen LogP contribution in [0.5, 0.6) is 0 Å². The molecule has 3 fully saturated rings. The predicted molar refractivity (Wildman–Crippen MR) is 158 cm³/mol. The molecule has 2 saturated heterocycles. The molecule has 41 heavy (non-hydrogen) atoms. The van der Waals surface area contributed by atoms with E-state index >= 15 is 0 Å². The van der Waals surface area contributed by atoms with Crippen molar-refractivity contribution in [3.05, 3.63) is 78.6 Å². The lowest BCUT2D eigenvalue weighted by molar-refractivity contribution is -0.110. The smallest absolute Gasteiger partial charge is 0.243 e. The highest BCUT2D eigenvalue weighted by Gasteiger charge is 2.49. The number of nitrogens with zero attached hydrogens (tertiary/aromatic N) is 3. The number of hydrogen-bond acceptors (Lipinski definition) is 7. The Bertz CT molecular complexity index is 1410. The van der Waals surface area contributed by atoms with Crippen LogP contribution in [-0.2, 0) is 14.8 Å². The van der Waals surface area contributed by atoms with E-state index in [1.165, 1.54) is 23.5 Å². The number of aldehydes is 1. The van der Waals surface area contributed by atoms with Gasteiger partial charge < -0.3 is 19.8 Å². The summed E-state index contributed by atoms with van der Waals surface area (Å²) in [7, 11) is -2.30. The first kappa shape index (κ1) is 29.2. The number of halogens is 1.